The normalized spacial score (nSPS) is 13.6. The summed E-state index contributed by atoms with van der Waals surface area (Å²) < 4.78 is 26.2. The summed E-state index contributed by atoms with van der Waals surface area (Å²) >= 11 is 0. The Bertz CT molecular complexity index is 494. The number of aromatic amines is 1. The number of carboxylic acid groups (broad SMARTS) is 1. The number of carboxylic acids is 1. The minimum atomic E-state index is -3.56. The summed E-state index contributed by atoms with van der Waals surface area (Å²) in [6.07, 6.45) is 3.55. The van der Waals surface area contributed by atoms with Gasteiger partial charge in [-0.1, -0.05) is 13.8 Å². The van der Waals surface area contributed by atoms with Crippen LogP contribution in [0.25, 0.3) is 0 Å². The molecule has 19 heavy (non-hydrogen) atoms. The molecule has 6 nitrogen and oxygen atoms in total. The van der Waals surface area contributed by atoms with Gasteiger partial charge < -0.3 is 10.1 Å². The highest BCUT2D eigenvalue weighted by Gasteiger charge is 2.20. The lowest BCUT2D eigenvalue weighted by atomic mass is 9.94. The first-order valence-electron chi connectivity index (χ1n) is 6.15. The number of H-pyrrole nitrogens is 1. The van der Waals surface area contributed by atoms with Gasteiger partial charge in [-0.05, 0) is 24.3 Å². The zero-order chi connectivity index (χ0) is 14.5. The molecular weight excluding hydrogens is 268 g/mol. The van der Waals surface area contributed by atoms with Gasteiger partial charge in [-0.25, -0.2) is 13.1 Å². The van der Waals surface area contributed by atoms with Crippen LogP contribution in [-0.4, -0.2) is 31.0 Å². The Morgan fingerprint density at radius 1 is 1.47 bits per heavy atom. The van der Waals surface area contributed by atoms with E-state index in [0.29, 0.717) is 12.3 Å². The molecule has 0 saturated carbocycles. The number of hydrogen-bond donors (Lipinski definition) is 3. The fourth-order valence-electron chi connectivity index (χ4n) is 1.94. The smallest absolute Gasteiger partial charge is 0.303 e. The van der Waals surface area contributed by atoms with Gasteiger partial charge in [-0.15, -0.1) is 0 Å². The van der Waals surface area contributed by atoms with Gasteiger partial charge in [0, 0.05) is 25.4 Å². The molecule has 0 aliphatic heterocycles. The first-order chi connectivity index (χ1) is 8.81. The average molecular weight is 288 g/mol. The Morgan fingerprint density at radius 3 is 2.63 bits per heavy atom. The Hall–Kier alpha value is -1.34. The number of rotatable bonds is 8. The summed E-state index contributed by atoms with van der Waals surface area (Å²) in [6, 6.07) is 1.46. The van der Waals surface area contributed by atoms with Crippen molar-refractivity contribution in [2.45, 2.75) is 31.6 Å². The highest BCUT2D eigenvalue weighted by Crippen LogP contribution is 2.16. The van der Waals surface area contributed by atoms with Crippen molar-refractivity contribution in [2.24, 2.45) is 11.8 Å². The Balaban J connectivity index is 2.63. The molecule has 1 rings (SSSR count). The molecule has 108 valence electrons. The van der Waals surface area contributed by atoms with Gasteiger partial charge >= 0.3 is 5.97 Å². The first kappa shape index (κ1) is 15.7. The maximum atomic E-state index is 11.9. The molecule has 1 aromatic rings. The molecule has 1 aromatic heterocycles. The van der Waals surface area contributed by atoms with E-state index < -0.39 is 16.0 Å². The zero-order valence-corrected chi connectivity index (χ0v) is 11.9. The molecule has 1 heterocycles. The van der Waals surface area contributed by atoms with Crippen molar-refractivity contribution in [1.29, 1.82) is 0 Å². The molecule has 1 atom stereocenters. The highest BCUT2D eigenvalue weighted by molar-refractivity contribution is 7.89. The minimum Gasteiger partial charge on any atom is -0.481 e. The van der Waals surface area contributed by atoms with Gasteiger partial charge in [0.2, 0.25) is 10.0 Å². The van der Waals surface area contributed by atoms with Crippen LogP contribution in [0.4, 0.5) is 0 Å². The Kier molecular flexibility index (Phi) is 5.56. The van der Waals surface area contributed by atoms with Crippen LogP contribution in [0.2, 0.25) is 0 Å². The van der Waals surface area contributed by atoms with E-state index in [1.165, 1.54) is 18.5 Å². The molecule has 0 fully saturated rings. The van der Waals surface area contributed by atoms with Crippen molar-refractivity contribution >= 4 is 16.0 Å². The van der Waals surface area contributed by atoms with Crippen LogP contribution in [0.5, 0.6) is 0 Å². The second kappa shape index (κ2) is 6.72. The molecule has 0 aliphatic carbocycles. The summed E-state index contributed by atoms with van der Waals surface area (Å²) in [5.41, 5.74) is 0. The molecule has 0 bridgehead atoms. The second-order valence-electron chi connectivity index (χ2n) is 4.99. The molecule has 7 heteroatoms. The van der Waals surface area contributed by atoms with E-state index in [1.807, 2.05) is 13.8 Å². The van der Waals surface area contributed by atoms with Crippen LogP contribution >= 0.6 is 0 Å². The lowest BCUT2D eigenvalue weighted by Gasteiger charge is -2.17. The topological polar surface area (TPSA) is 99.3 Å². The second-order valence-corrected chi connectivity index (χ2v) is 6.76. The minimum absolute atomic E-state index is 0.0339. The first-order valence-corrected chi connectivity index (χ1v) is 7.64. The van der Waals surface area contributed by atoms with Crippen molar-refractivity contribution < 1.29 is 18.3 Å². The van der Waals surface area contributed by atoms with Crippen LogP contribution in [-0.2, 0) is 14.8 Å². The number of aliphatic carboxylic acids is 1. The summed E-state index contributed by atoms with van der Waals surface area (Å²) in [7, 11) is -3.56. The third kappa shape index (κ3) is 5.44. The summed E-state index contributed by atoms with van der Waals surface area (Å²) in [4.78, 5) is 13.6. The van der Waals surface area contributed by atoms with Crippen molar-refractivity contribution in [3.63, 3.8) is 0 Å². The van der Waals surface area contributed by atoms with Crippen molar-refractivity contribution in [2.75, 3.05) is 6.54 Å². The van der Waals surface area contributed by atoms with E-state index in [4.69, 9.17) is 5.11 Å². The van der Waals surface area contributed by atoms with Gasteiger partial charge in [-0.3, -0.25) is 4.79 Å². The SMILES string of the molecule is CC(C)CC(CNS(=O)(=O)c1cc[nH]c1)CC(=O)O. The van der Waals surface area contributed by atoms with Crippen LogP contribution in [0.3, 0.4) is 0 Å². The molecule has 0 aliphatic rings. The molecular formula is C12H20N2O4S. The fourth-order valence-corrected chi connectivity index (χ4v) is 3.03. The predicted molar refractivity (Wildman–Crippen MR) is 71.2 cm³/mol. The maximum absolute atomic E-state index is 11.9. The van der Waals surface area contributed by atoms with E-state index in [-0.39, 0.29) is 23.8 Å². The average Bonchev–Trinajstić information content (AvgIpc) is 2.78. The van der Waals surface area contributed by atoms with E-state index >= 15 is 0 Å². The zero-order valence-electron chi connectivity index (χ0n) is 11.1. The van der Waals surface area contributed by atoms with Gasteiger partial charge in [-0.2, -0.15) is 0 Å². The summed E-state index contributed by atoms with van der Waals surface area (Å²) in [5, 5.41) is 8.83. The number of hydrogen-bond acceptors (Lipinski definition) is 3. The van der Waals surface area contributed by atoms with Gasteiger partial charge in [0.1, 0.15) is 0 Å². The van der Waals surface area contributed by atoms with E-state index in [9.17, 15) is 13.2 Å². The highest BCUT2D eigenvalue weighted by atomic mass is 32.2. The summed E-state index contributed by atoms with van der Waals surface area (Å²) in [6.45, 7) is 4.10. The van der Waals surface area contributed by atoms with Crippen LogP contribution in [0.1, 0.15) is 26.7 Å². The summed E-state index contributed by atoms with van der Waals surface area (Å²) in [5.74, 6) is -0.793. The van der Waals surface area contributed by atoms with E-state index in [2.05, 4.69) is 9.71 Å². The quantitative estimate of drug-likeness (QED) is 0.673. The number of sulfonamides is 1. The van der Waals surface area contributed by atoms with Gasteiger partial charge in [0.15, 0.2) is 0 Å². The van der Waals surface area contributed by atoms with Crippen LogP contribution in [0.15, 0.2) is 23.4 Å². The van der Waals surface area contributed by atoms with Crippen LogP contribution < -0.4 is 4.72 Å². The Labute approximate surface area is 113 Å². The number of nitrogens with one attached hydrogen (secondary N) is 2. The largest absolute Gasteiger partial charge is 0.481 e. The van der Waals surface area contributed by atoms with Crippen molar-refractivity contribution in [3.05, 3.63) is 18.5 Å². The molecule has 0 amide bonds. The third-order valence-electron chi connectivity index (χ3n) is 2.71. The fraction of sp³-hybridized carbons (Fsp3) is 0.583. The standard InChI is InChI=1S/C12H20N2O4S/c1-9(2)5-10(6-12(15)16)7-14-19(17,18)11-3-4-13-8-11/h3-4,8-10,13-14H,5-7H2,1-2H3,(H,15,16). The van der Waals surface area contributed by atoms with Crippen LogP contribution in [0, 0.1) is 11.8 Å². The molecule has 0 spiro atoms. The number of carbonyl (C=O) groups is 1. The van der Waals surface area contributed by atoms with E-state index in [0.717, 1.165) is 0 Å². The van der Waals surface area contributed by atoms with Gasteiger partial charge in [0.05, 0.1) is 4.90 Å². The van der Waals surface area contributed by atoms with Gasteiger partial charge in [0.25, 0.3) is 0 Å². The third-order valence-corrected chi connectivity index (χ3v) is 4.13. The molecule has 0 saturated heterocycles. The molecule has 0 radical (unpaired) electrons. The Morgan fingerprint density at radius 2 is 2.16 bits per heavy atom. The lowest BCUT2D eigenvalue weighted by molar-refractivity contribution is -0.138. The van der Waals surface area contributed by atoms with Crippen molar-refractivity contribution in [3.8, 4) is 0 Å². The molecule has 0 aromatic carbocycles. The molecule has 3 N–H and O–H groups in total. The monoisotopic (exact) mass is 288 g/mol. The predicted octanol–water partition coefficient (Wildman–Crippen LogP) is 1.43. The van der Waals surface area contributed by atoms with Crippen molar-refractivity contribution in [1.82, 2.24) is 9.71 Å². The maximum Gasteiger partial charge on any atom is 0.303 e. The van der Waals surface area contributed by atoms with E-state index in [1.54, 1.807) is 0 Å². The number of aromatic nitrogens is 1. The molecule has 1 unspecified atom stereocenters. The lowest BCUT2D eigenvalue weighted by Crippen LogP contribution is -2.31.